The molecule has 0 saturated heterocycles. The van der Waals surface area contributed by atoms with Gasteiger partial charge in [0, 0.05) is 10.4 Å². The van der Waals surface area contributed by atoms with E-state index in [2.05, 4.69) is 4.98 Å². The zero-order valence-corrected chi connectivity index (χ0v) is 9.38. The highest BCUT2D eigenvalue weighted by Gasteiger charge is 2.13. The molecular formula is C10H6Cl2N2O2. The Morgan fingerprint density at radius 3 is 2.62 bits per heavy atom. The fourth-order valence-electron chi connectivity index (χ4n) is 1.39. The monoisotopic (exact) mass is 256 g/mol. The Morgan fingerprint density at radius 2 is 2.00 bits per heavy atom. The predicted octanol–water partition coefficient (Wildman–Crippen LogP) is 2.82. The summed E-state index contributed by atoms with van der Waals surface area (Å²) in [5, 5.41) is 10.2. The average Bonchev–Trinajstić information content (AvgIpc) is 2.18. The molecule has 3 N–H and O–H groups in total. The number of halogens is 2. The van der Waals surface area contributed by atoms with Crippen LogP contribution in [0.4, 0.5) is 5.69 Å². The van der Waals surface area contributed by atoms with Crippen LogP contribution in [0.5, 0.6) is 0 Å². The summed E-state index contributed by atoms with van der Waals surface area (Å²) in [6, 6.07) is 4.56. The van der Waals surface area contributed by atoms with Gasteiger partial charge in [-0.1, -0.05) is 23.2 Å². The summed E-state index contributed by atoms with van der Waals surface area (Å²) in [6.07, 6.45) is 0. The minimum atomic E-state index is -1.18. The number of hydrogen-bond acceptors (Lipinski definition) is 3. The second kappa shape index (κ2) is 3.81. The lowest BCUT2D eigenvalue weighted by molar-refractivity contribution is 0.0692. The number of carboxylic acids is 1. The molecule has 82 valence electrons. The van der Waals surface area contributed by atoms with E-state index in [1.807, 2.05) is 0 Å². The van der Waals surface area contributed by atoms with E-state index < -0.39 is 5.97 Å². The molecule has 0 fully saturated rings. The highest BCUT2D eigenvalue weighted by Crippen LogP contribution is 2.29. The molecule has 0 unspecified atom stereocenters. The van der Waals surface area contributed by atoms with E-state index in [0.29, 0.717) is 20.9 Å². The summed E-state index contributed by atoms with van der Waals surface area (Å²) >= 11 is 11.7. The van der Waals surface area contributed by atoms with Gasteiger partial charge in [-0.25, -0.2) is 9.78 Å². The highest BCUT2D eigenvalue weighted by atomic mass is 35.5. The maximum Gasteiger partial charge on any atom is 0.356 e. The van der Waals surface area contributed by atoms with E-state index in [1.165, 1.54) is 12.1 Å². The number of nitrogen functional groups attached to an aromatic ring is 1. The van der Waals surface area contributed by atoms with E-state index in [-0.39, 0.29) is 11.4 Å². The number of nitrogens with zero attached hydrogens (tertiary/aromatic N) is 1. The Bertz CT molecular complexity index is 599. The molecule has 0 atom stereocenters. The Hall–Kier alpha value is -1.52. The van der Waals surface area contributed by atoms with E-state index in [9.17, 15) is 4.79 Å². The van der Waals surface area contributed by atoms with Crippen molar-refractivity contribution in [3.63, 3.8) is 0 Å². The van der Waals surface area contributed by atoms with Crippen LogP contribution in [0.3, 0.4) is 0 Å². The number of anilines is 1. The van der Waals surface area contributed by atoms with Gasteiger partial charge in [-0.2, -0.15) is 0 Å². The van der Waals surface area contributed by atoms with Crippen molar-refractivity contribution in [2.45, 2.75) is 0 Å². The van der Waals surface area contributed by atoms with E-state index in [4.69, 9.17) is 34.0 Å². The van der Waals surface area contributed by atoms with Crippen molar-refractivity contribution in [2.75, 3.05) is 5.73 Å². The predicted molar refractivity (Wildman–Crippen MR) is 63.1 cm³/mol. The van der Waals surface area contributed by atoms with Crippen LogP contribution >= 0.6 is 23.2 Å². The van der Waals surface area contributed by atoms with Gasteiger partial charge in [0.1, 0.15) is 0 Å². The zero-order valence-electron chi connectivity index (χ0n) is 7.87. The van der Waals surface area contributed by atoms with Crippen LogP contribution in [0.15, 0.2) is 18.2 Å². The molecule has 0 amide bonds. The molecule has 4 nitrogen and oxygen atoms in total. The van der Waals surface area contributed by atoms with Crippen LogP contribution in [0, 0.1) is 0 Å². The summed E-state index contributed by atoms with van der Waals surface area (Å²) in [4.78, 5) is 14.7. The second-order valence-corrected chi connectivity index (χ2v) is 4.03. The van der Waals surface area contributed by atoms with Gasteiger partial charge in [-0.05, 0) is 18.2 Å². The van der Waals surface area contributed by atoms with Crippen molar-refractivity contribution in [1.29, 1.82) is 0 Å². The molecule has 0 saturated carbocycles. The number of aromatic carboxylic acids is 1. The maximum absolute atomic E-state index is 10.8. The summed E-state index contributed by atoms with van der Waals surface area (Å²) in [5.41, 5.74) is 5.84. The van der Waals surface area contributed by atoms with Crippen LogP contribution in [0.2, 0.25) is 10.0 Å². The molecule has 0 spiro atoms. The van der Waals surface area contributed by atoms with Crippen molar-refractivity contribution in [3.8, 4) is 0 Å². The molecule has 1 aromatic carbocycles. The summed E-state index contributed by atoms with van der Waals surface area (Å²) in [6.45, 7) is 0. The van der Waals surface area contributed by atoms with Crippen molar-refractivity contribution in [3.05, 3.63) is 33.9 Å². The quantitative estimate of drug-likeness (QED) is 0.823. The van der Waals surface area contributed by atoms with E-state index >= 15 is 0 Å². The number of rotatable bonds is 1. The Morgan fingerprint density at radius 1 is 1.31 bits per heavy atom. The van der Waals surface area contributed by atoms with E-state index in [1.54, 1.807) is 6.07 Å². The first kappa shape index (κ1) is 11.0. The van der Waals surface area contributed by atoms with Crippen molar-refractivity contribution in [1.82, 2.24) is 4.98 Å². The second-order valence-electron chi connectivity index (χ2n) is 3.19. The lowest BCUT2D eigenvalue weighted by atomic mass is 10.1. The van der Waals surface area contributed by atoms with Gasteiger partial charge in [-0.3, -0.25) is 0 Å². The molecule has 0 aliphatic heterocycles. The smallest absolute Gasteiger partial charge is 0.356 e. The van der Waals surface area contributed by atoms with Crippen LogP contribution in [-0.2, 0) is 0 Å². The van der Waals surface area contributed by atoms with Gasteiger partial charge in [-0.15, -0.1) is 0 Å². The molecule has 0 bridgehead atoms. The molecule has 2 aromatic rings. The van der Waals surface area contributed by atoms with Crippen molar-refractivity contribution < 1.29 is 9.90 Å². The standard InChI is InChI=1S/C10H6Cl2N2O2/c11-4-1-6(12)5-3-7(13)9(10(15)16)14-8(5)2-4/h1-3H,13H2,(H,15,16). The first-order chi connectivity index (χ1) is 7.49. The normalized spacial score (nSPS) is 10.6. The number of fused-ring (bicyclic) bond motifs is 1. The van der Waals surface area contributed by atoms with Gasteiger partial charge in [0.2, 0.25) is 0 Å². The van der Waals surface area contributed by atoms with Gasteiger partial charge in [0.15, 0.2) is 5.69 Å². The van der Waals surface area contributed by atoms with Gasteiger partial charge >= 0.3 is 5.97 Å². The van der Waals surface area contributed by atoms with Crippen LogP contribution < -0.4 is 5.73 Å². The maximum atomic E-state index is 10.8. The van der Waals surface area contributed by atoms with Crippen LogP contribution in [0.1, 0.15) is 10.5 Å². The molecule has 0 aliphatic rings. The Balaban J connectivity index is 2.84. The first-order valence-corrected chi connectivity index (χ1v) is 5.03. The molecule has 1 aromatic heterocycles. The third-order valence-corrected chi connectivity index (χ3v) is 2.61. The van der Waals surface area contributed by atoms with Crippen LogP contribution in [0.25, 0.3) is 10.9 Å². The third kappa shape index (κ3) is 1.77. The largest absolute Gasteiger partial charge is 0.476 e. The number of aromatic nitrogens is 1. The fourth-order valence-corrected chi connectivity index (χ4v) is 1.92. The number of benzene rings is 1. The lowest BCUT2D eigenvalue weighted by Gasteiger charge is -2.05. The first-order valence-electron chi connectivity index (χ1n) is 4.27. The molecule has 0 radical (unpaired) electrons. The van der Waals surface area contributed by atoms with Crippen molar-refractivity contribution >= 4 is 45.8 Å². The topological polar surface area (TPSA) is 76.2 Å². The fraction of sp³-hybridized carbons (Fsp3) is 0. The van der Waals surface area contributed by atoms with Gasteiger partial charge < -0.3 is 10.8 Å². The SMILES string of the molecule is Nc1cc2c(Cl)cc(Cl)cc2nc1C(=O)O. The minimum absolute atomic E-state index is 0.0734. The summed E-state index contributed by atoms with van der Waals surface area (Å²) in [7, 11) is 0. The third-order valence-electron chi connectivity index (χ3n) is 2.08. The molecule has 0 aliphatic carbocycles. The van der Waals surface area contributed by atoms with Gasteiger partial charge in [0.05, 0.1) is 16.2 Å². The van der Waals surface area contributed by atoms with Crippen LogP contribution in [-0.4, -0.2) is 16.1 Å². The summed E-state index contributed by atoms with van der Waals surface area (Å²) in [5.74, 6) is -1.18. The number of carbonyl (C=O) groups is 1. The number of nitrogens with two attached hydrogens (primary N) is 1. The Labute approximate surface area is 101 Å². The minimum Gasteiger partial charge on any atom is -0.476 e. The van der Waals surface area contributed by atoms with Gasteiger partial charge in [0.25, 0.3) is 0 Å². The molecule has 1 heterocycles. The van der Waals surface area contributed by atoms with Crippen molar-refractivity contribution in [2.24, 2.45) is 0 Å². The molecule has 16 heavy (non-hydrogen) atoms. The number of hydrogen-bond donors (Lipinski definition) is 2. The number of carboxylic acid groups (broad SMARTS) is 1. The number of pyridine rings is 1. The highest BCUT2D eigenvalue weighted by molar-refractivity contribution is 6.38. The molecule has 2 rings (SSSR count). The summed E-state index contributed by atoms with van der Waals surface area (Å²) < 4.78 is 0. The van der Waals surface area contributed by atoms with E-state index in [0.717, 1.165) is 0 Å². The lowest BCUT2D eigenvalue weighted by Crippen LogP contribution is -2.05. The molecular weight excluding hydrogens is 251 g/mol. The molecule has 6 heteroatoms. The zero-order chi connectivity index (χ0) is 11.9. The average molecular weight is 257 g/mol. The Kier molecular flexibility index (Phi) is 2.61.